The van der Waals surface area contributed by atoms with Gasteiger partial charge in [0.25, 0.3) is 5.91 Å². The molecule has 6 rings (SSSR count). The average Bonchev–Trinajstić information content (AvgIpc) is 3.68. The Kier molecular flexibility index (Phi) is 8.06. The van der Waals surface area contributed by atoms with Crippen LogP contribution in [0.5, 0.6) is 0 Å². The van der Waals surface area contributed by atoms with E-state index in [0.717, 1.165) is 55.8 Å². The zero-order valence-corrected chi connectivity index (χ0v) is 24.3. The standard InChI is InChI=1S/C31H32F3N9O/c1-3-41-10-12-42(13-11-41)18-21-15-22(17-23(16-21)31(32,33)34)29(44)39-25-5-4-20(2)14-26(25)40-30-36-8-9-43(30)28-24-6-7-35-27(24)37-19-38-28/h4-9,14-17,19H,3,10-13,18H2,1-2H3,(H,36,40)(H,39,44)(H,35,37,38). The Bertz CT molecular complexity index is 1790. The number of alkyl halides is 3. The lowest BCUT2D eigenvalue weighted by atomic mass is 10.0. The number of carbonyl (C=O) groups is 1. The molecule has 1 amide bonds. The number of anilines is 3. The van der Waals surface area contributed by atoms with Crippen LogP contribution in [0.25, 0.3) is 16.9 Å². The highest BCUT2D eigenvalue weighted by Gasteiger charge is 2.32. The first-order valence-electron chi connectivity index (χ1n) is 14.3. The van der Waals surface area contributed by atoms with E-state index < -0.39 is 17.6 Å². The smallest absolute Gasteiger partial charge is 0.346 e. The largest absolute Gasteiger partial charge is 0.416 e. The number of fused-ring (bicyclic) bond motifs is 1. The van der Waals surface area contributed by atoms with Gasteiger partial charge in [-0.2, -0.15) is 13.2 Å². The summed E-state index contributed by atoms with van der Waals surface area (Å²) in [5.74, 6) is 0.382. The van der Waals surface area contributed by atoms with Crippen molar-refractivity contribution in [2.45, 2.75) is 26.6 Å². The minimum Gasteiger partial charge on any atom is -0.346 e. The van der Waals surface area contributed by atoms with Crippen LogP contribution in [-0.2, 0) is 12.7 Å². The molecule has 5 aromatic rings. The van der Waals surface area contributed by atoms with Crippen molar-refractivity contribution in [1.82, 2.24) is 34.3 Å². The molecule has 0 unspecified atom stereocenters. The van der Waals surface area contributed by atoms with Gasteiger partial charge in [0.05, 0.1) is 22.3 Å². The molecule has 3 N–H and O–H groups in total. The molecular weight excluding hydrogens is 571 g/mol. The van der Waals surface area contributed by atoms with E-state index in [-0.39, 0.29) is 5.56 Å². The second kappa shape index (κ2) is 12.1. The minimum absolute atomic E-state index is 0.0640. The van der Waals surface area contributed by atoms with Crippen LogP contribution >= 0.6 is 0 Å². The van der Waals surface area contributed by atoms with E-state index in [2.05, 4.69) is 47.3 Å². The number of aromatic nitrogens is 5. The van der Waals surface area contributed by atoms with Crippen molar-refractivity contribution >= 4 is 34.3 Å². The molecule has 13 heteroatoms. The van der Waals surface area contributed by atoms with Crippen molar-refractivity contribution in [3.63, 3.8) is 0 Å². The number of aromatic amines is 1. The highest BCUT2D eigenvalue weighted by molar-refractivity contribution is 6.06. The van der Waals surface area contributed by atoms with Crippen molar-refractivity contribution < 1.29 is 18.0 Å². The fourth-order valence-electron chi connectivity index (χ4n) is 5.40. The summed E-state index contributed by atoms with van der Waals surface area (Å²) in [5.41, 5.74) is 2.01. The van der Waals surface area contributed by atoms with Gasteiger partial charge in [-0.1, -0.05) is 13.0 Å². The lowest BCUT2D eigenvalue weighted by Crippen LogP contribution is -2.45. The molecule has 10 nitrogen and oxygen atoms in total. The lowest BCUT2D eigenvalue weighted by Gasteiger charge is -2.34. The Morgan fingerprint density at radius 2 is 1.77 bits per heavy atom. The number of nitrogens with one attached hydrogen (secondary N) is 3. The molecule has 1 saturated heterocycles. The average molecular weight is 604 g/mol. The Morgan fingerprint density at radius 3 is 2.55 bits per heavy atom. The van der Waals surface area contributed by atoms with Gasteiger partial charge in [-0.05, 0) is 61.0 Å². The second-order valence-electron chi connectivity index (χ2n) is 10.8. The third-order valence-electron chi connectivity index (χ3n) is 7.77. The van der Waals surface area contributed by atoms with Gasteiger partial charge in [0.15, 0.2) is 5.82 Å². The maximum atomic E-state index is 13.9. The van der Waals surface area contributed by atoms with Gasteiger partial charge in [-0.15, -0.1) is 0 Å². The molecule has 3 aromatic heterocycles. The third kappa shape index (κ3) is 6.29. The van der Waals surface area contributed by atoms with Crippen molar-refractivity contribution in [1.29, 1.82) is 0 Å². The molecule has 4 heterocycles. The molecule has 0 aliphatic carbocycles. The number of nitrogens with zero attached hydrogens (tertiary/aromatic N) is 6. The number of hydrogen-bond acceptors (Lipinski definition) is 7. The molecule has 1 aliphatic heterocycles. The van der Waals surface area contributed by atoms with Crippen molar-refractivity contribution in [3.8, 4) is 5.82 Å². The number of aryl methyl sites for hydroxylation is 1. The van der Waals surface area contributed by atoms with Crippen molar-refractivity contribution in [2.75, 3.05) is 43.4 Å². The van der Waals surface area contributed by atoms with Crippen LogP contribution in [0.2, 0.25) is 0 Å². The summed E-state index contributed by atoms with van der Waals surface area (Å²) in [5, 5.41) is 6.87. The number of carbonyl (C=O) groups excluding carboxylic acids is 1. The quantitative estimate of drug-likeness (QED) is 0.212. The van der Waals surface area contributed by atoms with Crippen LogP contribution in [0.15, 0.2) is 67.4 Å². The fourth-order valence-corrected chi connectivity index (χ4v) is 5.40. The predicted octanol–water partition coefficient (Wildman–Crippen LogP) is 5.60. The monoisotopic (exact) mass is 603 g/mol. The number of rotatable bonds is 8. The summed E-state index contributed by atoms with van der Waals surface area (Å²) in [7, 11) is 0. The third-order valence-corrected chi connectivity index (χ3v) is 7.77. The first-order valence-corrected chi connectivity index (χ1v) is 14.3. The Labute approximate surface area is 251 Å². The first kappa shape index (κ1) is 29.3. The summed E-state index contributed by atoms with van der Waals surface area (Å²) in [4.78, 5) is 34.1. The summed E-state index contributed by atoms with van der Waals surface area (Å²) in [6, 6.07) is 10.8. The molecule has 0 spiro atoms. The van der Waals surface area contributed by atoms with E-state index in [1.165, 1.54) is 6.33 Å². The molecule has 0 bridgehead atoms. The van der Waals surface area contributed by atoms with Gasteiger partial charge in [-0.3, -0.25) is 14.3 Å². The number of hydrogen-bond donors (Lipinski definition) is 3. The molecule has 1 aliphatic rings. The number of amides is 1. The zero-order valence-electron chi connectivity index (χ0n) is 24.3. The van der Waals surface area contributed by atoms with Crippen LogP contribution < -0.4 is 10.6 Å². The van der Waals surface area contributed by atoms with Crippen molar-refractivity contribution in [2.24, 2.45) is 0 Å². The number of H-pyrrole nitrogens is 1. The number of likely N-dealkylation sites (N-methyl/N-ethyl adjacent to an activating group) is 1. The zero-order chi connectivity index (χ0) is 30.8. The second-order valence-corrected chi connectivity index (χ2v) is 10.8. The van der Waals surface area contributed by atoms with Crippen LogP contribution in [0.3, 0.4) is 0 Å². The number of imidazole rings is 1. The maximum absolute atomic E-state index is 13.9. The summed E-state index contributed by atoms with van der Waals surface area (Å²) in [6.07, 6.45) is 1.99. The number of piperazine rings is 1. The molecule has 0 atom stereocenters. The van der Waals surface area contributed by atoms with Gasteiger partial charge < -0.3 is 20.5 Å². The van der Waals surface area contributed by atoms with E-state index in [0.29, 0.717) is 40.9 Å². The fraction of sp³-hybridized carbons (Fsp3) is 0.290. The molecule has 2 aromatic carbocycles. The normalized spacial score (nSPS) is 14.7. The molecule has 44 heavy (non-hydrogen) atoms. The van der Waals surface area contributed by atoms with Crippen molar-refractivity contribution in [3.05, 3.63) is 89.6 Å². The van der Waals surface area contributed by atoms with Crippen LogP contribution in [0.1, 0.15) is 34.0 Å². The lowest BCUT2D eigenvalue weighted by molar-refractivity contribution is -0.137. The topological polar surface area (TPSA) is 107 Å². The Balaban J connectivity index is 1.27. The van der Waals surface area contributed by atoms with E-state index >= 15 is 0 Å². The van der Waals surface area contributed by atoms with Crippen LogP contribution in [-0.4, -0.2) is 72.9 Å². The molecule has 1 fully saturated rings. The van der Waals surface area contributed by atoms with E-state index in [1.807, 2.05) is 25.1 Å². The SMILES string of the molecule is CCN1CCN(Cc2cc(C(=O)Nc3ccc(C)cc3Nc3nccn3-c3ncnc4[nH]ccc34)cc(C(F)(F)F)c2)CC1. The molecule has 0 radical (unpaired) electrons. The van der Waals surface area contributed by atoms with Gasteiger partial charge in [0, 0.05) is 56.9 Å². The van der Waals surface area contributed by atoms with Crippen LogP contribution in [0, 0.1) is 6.92 Å². The molecule has 0 saturated carbocycles. The number of benzene rings is 2. The number of halogens is 3. The highest BCUT2D eigenvalue weighted by atomic mass is 19.4. The molecule has 228 valence electrons. The maximum Gasteiger partial charge on any atom is 0.416 e. The minimum atomic E-state index is -4.59. The van der Waals surface area contributed by atoms with E-state index in [4.69, 9.17) is 0 Å². The van der Waals surface area contributed by atoms with Gasteiger partial charge >= 0.3 is 6.18 Å². The first-order chi connectivity index (χ1) is 21.2. The van der Waals surface area contributed by atoms with Crippen LogP contribution in [0.4, 0.5) is 30.5 Å². The predicted molar refractivity (Wildman–Crippen MR) is 162 cm³/mol. The van der Waals surface area contributed by atoms with E-state index in [1.54, 1.807) is 35.3 Å². The Hall–Kier alpha value is -4.75. The Morgan fingerprint density at radius 1 is 0.977 bits per heavy atom. The summed E-state index contributed by atoms with van der Waals surface area (Å²) >= 11 is 0. The summed E-state index contributed by atoms with van der Waals surface area (Å²) in [6.45, 7) is 8.49. The highest BCUT2D eigenvalue weighted by Crippen LogP contribution is 2.33. The molecular formula is C31H32F3N9O. The summed E-state index contributed by atoms with van der Waals surface area (Å²) < 4.78 is 43.5. The van der Waals surface area contributed by atoms with Gasteiger partial charge in [-0.25, -0.2) is 15.0 Å². The van der Waals surface area contributed by atoms with Gasteiger partial charge in [0.1, 0.15) is 12.0 Å². The van der Waals surface area contributed by atoms with E-state index in [9.17, 15) is 18.0 Å². The van der Waals surface area contributed by atoms with Gasteiger partial charge in [0.2, 0.25) is 5.95 Å².